The molecule has 2 saturated heterocycles. The number of ketones is 2. The number of sulfonamides is 2. The second-order valence-corrected chi connectivity index (χ2v) is 40.2. The van der Waals surface area contributed by atoms with Crippen molar-refractivity contribution in [2.75, 3.05) is 26.3 Å². The van der Waals surface area contributed by atoms with Gasteiger partial charge in [0.2, 0.25) is 55.4 Å². The van der Waals surface area contributed by atoms with Gasteiger partial charge in [0, 0.05) is 61.1 Å². The number of ether oxygens (including phenoxy) is 6. The second kappa shape index (κ2) is 33.8. The van der Waals surface area contributed by atoms with Crippen LogP contribution in [-0.2, 0) is 67.9 Å². The van der Waals surface area contributed by atoms with E-state index in [9.17, 15) is 72.8 Å². The van der Waals surface area contributed by atoms with Gasteiger partial charge in [0.1, 0.15) is 23.7 Å². The third-order valence-corrected chi connectivity index (χ3v) is 30.1. The molecule has 2 aromatic carbocycles. The molecule has 24 nitrogen and oxygen atoms in total. The standard InChI is InChI=1S/2C43H57F2N3O9S/c2*1-8-55-35-24-46-37(31-16-12-11-15-30(31)35)56-29-20-33-34(49)23-43(39(52)47-58(53,54)41(6)17-18-41)22-28(43)14-10-9-13-26(2)19-27(3)32(38(51)48(33)25-29)21-36(50)57-40(4,5)42(7,44)45/h2*10-12,14-16,24,26-29,32-33H,8-9,13,17-23,25H2,1-7H3,(H,47,52)/b2*14-10-/t26-,27+,28+,29+,32-,33-,43+;26-,27-,28-,29-,32+,33+,43-/m01/s1. The van der Waals surface area contributed by atoms with Crippen LogP contribution in [0, 0.1) is 58.2 Å². The Kier molecular flexibility index (Phi) is 25.8. The first-order chi connectivity index (χ1) is 54.2. The van der Waals surface area contributed by atoms with Crippen LogP contribution in [0.15, 0.2) is 85.2 Å². The fraction of sp³-hybridized carbons (Fsp3) is 0.651. The number of nitrogens with zero attached hydrogens (tertiary/aromatic N) is 4. The van der Waals surface area contributed by atoms with E-state index >= 15 is 0 Å². The monoisotopic (exact) mass is 1660 g/mol. The predicted molar refractivity (Wildman–Crippen MR) is 425 cm³/mol. The van der Waals surface area contributed by atoms with E-state index in [-0.39, 0.29) is 75.2 Å². The fourth-order valence-electron chi connectivity index (χ4n) is 16.7. The molecule has 14 atom stereocenters. The summed E-state index contributed by atoms with van der Waals surface area (Å²) in [5.74, 6) is -14.0. The number of esters is 2. The van der Waals surface area contributed by atoms with Crippen molar-refractivity contribution in [3.63, 3.8) is 0 Å². The van der Waals surface area contributed by atoms with E-state index in [0.29, 0.717) is 114 Å². The number of aromatic nitrogens is 2. The molecule has 6 heterocycles. The molecular formula is C86H114F4N6O18S2. The summed E-state index contributed by atoms with van der Waals surface area (Å²) < 4.78 is 148. The Morgan fingerprint density at radius 1 is 0.534 bits per heavy atom. The number of carbonyl (C=O) groups is 8. The van der Waals surface area contributed by atoms with Gasteiger partial charge in [-0.25, -0.2) is 44.4 Å². The van der Waals surface area contributed by atoms with E-state index in [1.165, 1.54) is 9.80 Å². The molecule has 636 valence electrons. The van der Waals surface area contributed by atoms with Gasteiger partial charge in [-0.1, -0.05) is 88.4 Å². The highest BCUT2D eigenvalue weighted by Crippen LogP contribution is 2.60. The maximum Gasteiger partial charge on any atom is 0.307 e. The van der Waals surface area contributed by atoms with Gasteiger partial charge in [-0.3, -0.25) is 47.8 Å². The average Bonchev–Trinajstić information content (AvgIpc) is 1.57. The van der Waals surface area contributed by atoms with Gasteiger partial charge in [0.25, 0.3) is 11.8 Å². The molecular weight excluding hydrogens is 1550 g/mol. The summed E-state index contributed by atoms with van der Waals surface area (Å²) in [6, 6.07) is 12.6. The Morgan fingerprint density at radius 2 is 0.879 bits per heavy atom. The molecule has 8 aliphatic rings. The minimum absolute atomic E-state index is 0.0272. The molecule has 4 aliphatic carbocycles. The van der Waals surface area contributed by atoms with Crippen LogP contribution in [-0.4, -0.2) is 167 Å². The molecule has 4 amide bonds. The van der Waals surface area contributed by atoms with Gasteiger partial charge < -0.3 is 38.2 Å². The summed E-state index contributed by atoms with van der Waals surface area (Å²) in [5, 5.41) is 2.82. The van der Waals surface area contributed by atoms with Crippen LogP contribution in [0.5, 0.6) is 23.3 Å². The summed E-state index contributed by atoms with van der Waals surface area (Å²) in [4.78, 5) is 126. The molecule has 0 spiro atoms. The summed E-state index contributed by atoms with van der Waals surface area (Å²) >= 11 is 0. The second-order valence-electron chi connectivity index (χ2n) is 35.8. The predicted octanol–water partition coefficient (Wildman–Crippen LogP) is 13.9. The van der Waals surface area contributed by atoms with Crippen molar-refractivity contribution in [3.05, 3.63) is 85.2 Å². The number of allylic oxidation sites excluding steroid dienone is 4. The van der Waals surface area contributed by atoms with Crippen molar-refractivity contribution in [1.29, 1.82) is 0 Å². The van der Waals surface area contributed by atoms with E-state index in [0.717, 1.165) is 38.5 Å². The van der Waals surface area contributed by atoms with Crippen molar-refractivity contribution < 1.29 is 101 Å². The van der Waals surface area contributed by atoms with Crippen LogP contribution in [0.4, 0.5) is 17.6 Å². The number of hydrogen-bond acceptors (Lipinski definition) is 20. The number of fused-ring (bicyclic) bond motifs is 6. The number of benzene rings is 2. The highest BCUT2D eigenvalue weighted by molar-refractivity contribution is 7.92. The Hall–Kier alpha value is -8.28. The quantitative estimate of drug-likeness (QED) is 0.0419. The van der Waals surface area contributed by atoms with E-state index in [4.69, 9.17) is 28.4 Å². The zero-order valence-electron chi connectivity index (χ0n) is 69.0. The molecule has 0 unspecified atom stereocenters. The van der Waals surface area contributed by atoms with E-state index in [2.05, 4.69) is 19.4 Å². The normalized spacial score (nSPS) is 29.6. The number of carbonyl (C=O) groups excluding carboxylic acids is 8. The minimum Gasteiger partial charge on any atom is -0.492 e. The zero-order chi connectivity index (χ0) is 84.8. The number of halogens is 4. The highest BCUT2D eigenvalue weighted by Gasteiger charge is 2.65. The van der Waals surface area contributed by atoms with Crippen LogP contribution in [0.2, 0.25) is 0 Å². The van der Waals surface area contributed by atoms with Gasteiger partial charge in [0.15, 0.2) is 22.8 Å². The van der Waals surface area contributed by atoms with Gasteiger partial charge in [-0.15, -0.1) is 0 Å². The number of Topliss-reactive ketones (excluding diaryl/α,β-unsaturated/α-hetero) is 2. The minimum atomic E-state index is -4.01. The van der Waals surface area contributed by atoms with Crippen LogP contribution >= 0.6 is 0 Å². The Bertz CT molecular complexity index is 4420. The molecule has 6 fully saturated rings. The maximum atomic E-state index is 14.9. The third-order valence-electron chi connectivity index (χ3n) is 25.8. The van der Waals surface area contributed by atoms with Gasteiger partial charge >= 0.3 is 11.9 Å². The first kappa shape index (κ1) is 88.5. The number of amides is 4. The molecule has 4 saturated carbocycles. The van der Waals surface area contributed by atoms with Crippen LogP contribution in [0.3, 0.4) is 0 Å². The molecule has 2 N–H and O–H groups in total. The van der Waals surface area contributed by atoms with Crippen LogP contribution in [0.25, 0.3) is 21.5 Å². The lowest BCUT2D eigenvalue weighted by Crippen LogP contribution is -2.49. The lowest BCUT2D eigenvalue weighted by Gasteiger charge is -2.34. The van der Waals surface area contributed by atoms with Crippen LogP contribution in [0.1, 0.15) is 213 Å². The fourth-order valence-corrected chi connectivity index (χ4v) is 19.4. The SMILES string of the molecule is CCOc1cnc(O[C@@H]2C[C@H]3C(=O)C[C@]4(C(=O)NS(=O)(=O)C5(C)CC5)C[C@H]4/C=C\CC[C@@H](C)C[C@@H](C)[C@H](CC(=O)OC(C)(C)C(C)(F)F)C(=O)N3C2)c2ccccc12.CCOc1cnc(O[C@@H]2C[C@H]3C(=O)C[C@]4(C(=O)NS(=O)(=O)C5(C)CC5)C[C@H]4/C=C\CC[C@H](C)C[C@@H](C)[C@H](CC(=O)OC(C)(C)C(C)(F)F)C(=O)N3C2)c2ccccc12. The van der Waals surface area contributed by atoms with Crippen molar-refractivity contribution >= 4 is 88.7 Å². The van der Waals surface area contributed by atoms with E-state index < -0.39 is 183 Å². The molecule has 30 heteroatoms. The summed E-state index contributed by atoms with van der Waals surface area (Å²) in [6.45, 7) is 21.1. The molecule has 0 bridgehead atoms. The number of pyridine rings is 2. The summed E-state index contributed by atoms with van der Waals surface area (Å²) in [7, 11) is -8.01. The molecule has 0 radical (unpaired) electrons. The number of hydrogen-bond donors (Lipinski definition) is 2. The first-order valence-corrected chi connectivity index (χ1v) is 43.9. The molecule has 2 aromatic heterocycles. The smallest absolute Gasteiger partial charge is 0.307 e. The van der Waals surface area contributed by atoms with E-state index in [1.807, 2.05) is 114 Å². The van der Waals surface area contributed by atoms with Gasteiger partial charge in [-0.05, 0) is 180 Å². The summed E-state index contributed by atoms with van der Waals surface area (Å²) in [6.07, 6.45) is 13.6. The van der Waals surface area contributed by atoms with Crippen LogP contribution < -0.4 is 28.4 Å². The van der Waals surface area contributed by atoms with Crippen molar-refractivity contribution in [2.45, 2.75) is 269 Å². The number of alkyl halides is 4. The Balaban J connectivity index is 0.000000228. The third kappa shape index (κ3) is 19.2. The molecule has 4 aromatic rings. The molecule has 116 heavy (non-hydrogen) atoms. The van der Waals surface area contributed by atoms with Crippen molar-refractivity contribution in [3.8, 4) is 23.3 Å². The Morgan fingerprint density at radius 3 is 1.21 bits per heavy atom. The lowest BCUT2D eigenvalue weighted by molar-refractivity contribution is -0.197. The number of nitrogens with one attached hydrogen (secondary N) is 2. The molecule has 12 rings (SSSR count). The average molecular weight is 1660 g/mol. The zero-order valence-corrected chi connectivity index (χ0v) is 70.7. The topological polar surface area (TPSA) is 317 Å². The lowest BCUT2D eigenvalue weighted by atomic mass is 9.82. The maximum absolute atomic E-state index is 14.9. The van der Waals surface area contributed by atoms with E-state index in [1.54, 1.807) is 26.2 Å². The first-order valence-electron chi connectivity index (χ1n) is 40.9. The highest BCUT2D eigenvalue weighted by atomic mass is 32.2. The van der Waals surface area contributed by atoms with Gasteiger partial charge in [-0.2, -0.15) is 0 Å². The summed E-state index contributed by atoms with van der Waals surface area (Å²) in [5.41, 5.74) is -6.97. The largest absolute Gasteiger partial charge is 0.492 e. The van der Waals surface area contributed by atoms with Crippen molar-refractivity contribution in [2.24, 2.45) is 58.2 Å². The Labute approximate surface area is 677 Å². The van der Waals surface area contributed by atoms with Crippen molar-refractivity contribution in [1.82, 2.24) is 29.2 Å². The van der Waals surface area contributed by atoms with Gasteiger partial charge in [0.05, 0.1) is 95.8 Å². The number of rotatable bonds is 22. The molecule has 4 aliphatic heterocycles.